The van der Waals surface area contributed by atoms with Crippen LogP contribution in [0.25, 0.3) is 11.0 Å². The maximum Gasteiger partial charge on any atom is 0.228 e. The number of hydrogen-bond donors (Lipinski definition) is 1. The van der Waals surface area contributed by atoms with E-state index in [9.17, 15) is 4.79 Å². The number of ether oxygens (including phenoxy) is 1. The second-order valence-electron chi connectivity index (χ2n) is 4.55. The smallest absolute Gasteiger partial charge is 0.228 e. The maximum absolute atomic E-state index is 12.4. The van der Waals surface area contributed by atoms with Crippen molar-refractivity contribution in [1.29, 1.82) is 0 Å². The number of hydrogen-bond acceptors (Lipinski definition) is 4. The normalized spacial score (nSPS) is 10.8. The molecule has 0 spiro atoms. The highest BCUT2D eigenvalue weighted by Crippen LogP contribution is 2.30. The van der Waals surface area contributed by atoms with Gasteiger partial charge in [-0.05, 0) is 30.3 Å². The van der Waals surface area contributed by atoms with Crippen LogP contribution in [0.4, 0.5) is 5.69 Å². The van der Waals surface area contributed by atoms with E-state index in [1.54, 1.807) is 31.4 Å². The number of furan rings is 1. The molecule has 0 atom stereocenters. The Morgan fingerprint density at radius 2 is 2.05 bits per heavy atom. The minimum Gasteiger partial charge on any atom is -0.493 e. The van der Waals surface area contributed by atoms with E-state index < -0.39 is 0 Å². The van der Waals surface area contributed by atoms with Crippen molar-refractivity contribution in [3.63, 3.8) is 0 Å². The largest absolute Gasteiger partial charge is 0.493 e. The number of rotatable bonds is 3. The van der Waals surface area contributed by atoms with E-state index in [2.05, 4.69) is 0 Å². The Hall–Kier alpha value is -2.46. The minimum atomic E-state index is -0.253. The molecule has 0 aliphatic carbocycles. The van der Waals surface area contributed by atoms with Gasteiger partial charge in [-0.25, -0.2) is 0 Å². The topological polar surface area (TPSA) is 65.5 Å². The van der Waals surface area contributed by atoms with Crippen LogP contribution < -0.4 is 10.5 Å². The lowest BCUT2D eigenvalue weighted by molar-refractivity contribution is 0.101. The highest BCUT2D eigenvalue weighted by atomic mass is 35.5. The third kappa shape index (κ3) is 2.34. The highest BCUT2D eigenvalue weighted by molar-refractivity contribution is 6.33. The molecule has 2 aromatic carbocycles. The summed E-state index contributed by atoms with van der Waals surface area (Å²) in [4.78, 5) is 12.4. The molecule has 4 nitrogen and oxygen atoms in total. The number of para-hydroxylation sites is 1. The first-order valence-corrected chi connectivity index (χ1v) is 6.64. The molecule has 0 saturated heterocycles. The van der Waals surface area contributed by atoms with Gasteiger partial charge in [0.2, 0.25) is 5.78 Å². The first-order chi connectivity index (χ1) is 10.1. The van der Waals surface area contributed by atoms with Gasteiger partial charge >= 0.3 is 0 Å². The van der Waals surface area contributed by atoms with Crippen LogP contribution in [0.1, 0.15) is 16.1 Å². The van der Waals surface area contributed by atoms with Crippen molar-refractivity contribution in [2.45, 2.75) is 0 Å². The molecule has 0 bridgehead atoms. The van der Waals surface area contributed by atoms with Crippen LogP contribution in [0.3, 0.4) is 0 Å². The molecule has 3 rings (SSSR count). The number of halogens is 1. The average Bonchev–Trinajstić information content (AvgIpc) is 2.93. The molecule has 3 aromatic rings. The van der Waals surface area contributed by atoms with E-state index in [4.69, 9.17) is 26.5 Å². The lowest BCUT2D eigenvalue weighted by atomic mass is 10.1. The predicted molar refractivity (Wildman–Crippen MR) is 82.1 cm³/mol. The standard InChI is InChI=1S/C16H12ClNO3/c1-20-13-4-2-3-10-8-14(21-16(10)13)15(19)9-5-6-11(17)12(18)7-9/h2-8H,18H2,1H3. The maximum atomic E-state index is 12.4. The summed E-state index contributed by atoms with van der Waals surface area (Å²) in [6, 6.07) is 11.9. The van der Waals surface area contributed by atoms with Gasteiger partial charge in [-0.2, -0.15) is 0 Å². The molecule has 1 aromatic heterocycles. The summed E-state index contributed by atoms with van der Waals surface area (Å²) in [5.41, 5.74) is 7.05. The fourth-order valence-electron chi connectivity index (χ4n) is 2.14. The molecule has 1 heterocycles. The molecule has 21 heavy (non-hydrogen) atoms. The molecule has 0 aliphatic heterocycles. The molecule has 5 heteroatoms. The van der Waals surface area contributed by atoms with Crippen molar-refractivity contribution in [1.82, 2.24) is 0 Å². The van der Waals surface area contributed by atoms with Crippen molar-refractivity contribution >= 4 is 34.0 Å². The van der Waals surface area contributed by atoms with Crippen LogP contribution in [-0.4, -0.2) is 12.9 Å². The zero-order valence-electron chi connectivity index (χ0n) is 11.2. The fraction of sp³-hybridized carbons (Fsp3) is 0.0625. The van der Waals surface area contributed by atoms with Crippen LogP contribution in [0.15, 0.2) is 46.9 Å². The molecule has 0 fully saturated rings. The van der Waals surface area contributed by atoms with Crippen LogP contribution in [0.5, 0.6) is 5.75 Å². The van der Waals surface area contributed by atoms with Crippen molar-refractivity contribution in [2.75, 3.05) is 12.8 Å². The Balaban J connectivity index is 2.07. The SMILES string of the molecule is COc1cccc2cc(C(=O)c3ccc(Cl)c(N)c3)oc12. The van der Waals surface area contributed by atoms with Gasteiger partial charge in [0.05, 0.1) is 17.8 Å². The number of methoxy groups -OCH3 is 1. The number of fused-ring (bicyclic) bond motifs is 1. The van der Waals surface area contributed by atoms with Gasteiger partial charge in [-0.1, -0.05) is 23.7 Å². The van der Waals surface area contributed by atoms with Gasteiger partial charge in [0.1, 0.15) is 0 Å². The molecule has 2 N–H and O–H groups in total. The van der Waals surface area contributed by atoms with Gasteiger partial charge in [-0.15, -0.1) is 0 Å². The summed E-state index contributed by atoms with van der Waals surface area (Å²) in [6.07, 6.45) is 0. The summed E-state index contributed by atoms with van der Waals surface area (Å²) in [5.74, 6) is 0.565. The molecular formula is C16H12ClNO3. The predicted octanol–water partition coefficient (Wildman–Crippen LogP) is 3.91. The third-order valence-electron chi connectivity index (χ3n) is 3.21. The number of nitrogens with two attached hydrogens (primary N) is 1. The summed E-state index contributed by atoms with van der Waals surface area (Å²) < 4.78 is 10.8. The van der Waals surface area contributed by atoms with Crippen molar-refractivity contribution in [3.05, 3.63) is 58.8 Å². The summed E-state index contributed by atoms with van der Waals surface area (Å²) in [6.45, 7) is 0. The number of ketones is 1. The Kier molecular flexibility index (Phi) is 3.31. The van der Waals surface area contributed by atoms with E-state index in [0.717, 1.165) is 5.39 Å². The van der Waals surface area contributed by atoms with Crippen molar-refractivity contribution < 1.29 is 13.9 Å². The van der Waals surface area contributed by atoms with E-state index in [1.165, 1.54) is 6.07 Å². The Morgan fingerprint density at radius 1 is 1.24 bits per heavy atom. The fourth-order valence-corrected chi connectivity index (χ4v) is 2.25. The van der Waals surface area contributed by atoms with E-state index in [0.29, 0.717) is 27.6 Å². The first-order valence-electron chi connectivity index (χ1n) is 6.26. The van der Waals surface area contributed by atoms with Crippen LogP contribution >= 0.6 is 11.6 Å². The monoisotopic (exact) mass is 301 g/mol. The van der Waals surface area contributed by atoms with Crippen LogP contribution in [0, 0.1) is 0 Å². The number of anilines is 1. The summed E-state index contributed by atoms with van der Waals surface area (Å²) in [5, 5.41) is 1.22. The molecule has 0 radical (unpaired) electrons. The quantitative estimate of drug-likeness (QED) is 0.588. The second kappa shape index (κ2) is 5.14. The lowest BCUT2D eigenvalue weighted by Gasteiger charge is -2.01. The van der Waals surface area contributed by atoms with Gasteiger partial charge < -0.3 is 14.9 Å². The Morgan fingerprint density at radius 3 is 2.76 bits per heavy atom. The number of nitrogen functional groups attached to an aromatic ring is 1. The van der Waals surface area contributed by atoms with Crippen LogP contribution in [-0.2, 0) is 0 Å². The molecular weight excluding hydrogens is 290 g/mol. The van der Waals surface area contributed by atoms with Gasteiger partial charge in [0.15, 0.2) is 17.1 Å². The van der Waals surface area contributed by atoms with Crippen LogP contribution in [0.2, 0.25) is 5.02 Å². The first kappa shape index (κ1) is 13.5. The molecule has 0 unspecified atom stereocenters. The van der Waals surface area contributed by atoms with E-state index in [-0.39, 0.29) is 11.5 Å². The lowest BCUT2D eigenvalue weighted by Crippen LogP contribution is -2.00. The van der Waals surface area contributed by atoms with E-state index in [1.807, 2.05) is 12.1 Å². The van der Waals surface area contributed by atoms with Gasteiger partial charge in [-0.3, -0.25) is 4.79 Å². The molecule has 0 saturated carbocycles. The highest BCUT2D eigenvalue weighted by Gasteiger charge is 2.17. The number of benzene rings is 2. The molecule has 0 aliphatic rings. The zero-order chi connectivity index (χ0) is 15.0. The minimum absolute atomic E-state index is 0.233. The van der Waals surface area contributed by atoms with Gasteiger partial charge in [0.25, 0.3) is 0 Å². The van der Waals surface area contributed by atoms with Crippen molar-refractivity contribution in [3.8, 4) is 5.75 Å². The number of carbonyl (C=O) groups excluding carboxylic acids is 1. The third-order valence-corrected chi connectivity index (χ3v) is 3.55. The number of carbonyl (C=O) groups is 1. The Labute approximate surface area is 126 Å². The van der Waals surface area contributed by atoms with Gasteiger partial charge in [0, 0.05) is 10.9 Å². The van der Waals surface area contributed by atoms with Crippen molar-refractivity contribution in [2.24, 2.45) is 0 Å². The zero-order valence-corrected chi connectivity index (χ0v) is 12.0. The van der Waals surface area contributed by atoms with E-state index >= 15 is 0 Å². The summed E-state index contributed by atoms with van der Waals surface area (Å²) >= 11 is 5.86. The summed E-state index contributed by atoms with van der Waals surface area (Å²) in [7, 11) is 1.55. The molecule has 106 valence electrons. The second-order valence-corrected chi connectivity index (χ2v) is 4.96. The Bertz CT molecular complexity index is 839. The molecule has 0 amide bonds. The average molecular weight is 302 g/mol.